The predicted molar refractivity (Wildman–Crippen MR) is 123 cm³/mol. The zero-order valence-corrected chi connectivity index (χ0v) is 17.8. The number of rotatable bonds is 7. The lowest BCUT2D eigenvalue weighted by atomic mass is 10.1. The smallest absolute Gasteiger partial charge is 0.229 e. The second kappa shape index (κ2) is 8.77. The standard InChI is InChI=1S/C23H24FN5S/c1-14-13-17(8-9-19(14)24)27-23-28-21-16(10-11-25)5-3-6-18(21)22(29-23)26-15(2)20-7-4-12-30-20/h3-9,12-13,15H,10-11,25H2,1-2H3,(H2,26,27,28,29)/t15-/m1/s1. The van der Waals surface area contributed by atoms with E-state index in [0.717, 1.165) is 34.4 Å². The number of hydrogen-bond acceptors (Lipinski definition) is 6. The maximum atomic E-state index is 13.6. The molecule has 0 amide bonds. The number of nitrogens with one attached hydrogen (secondary N) is 2. The molecule has 2 aromatic carbocycles. The number of hydrogen-bond donors (Lipinski definition) is 3. The Bertz CT molecular complexity index is 1160. The Balaban J connectivity index is 1.77. The number of halogens is 1. The van der Waals surface area contributed by atoms with Gasteiger partial charge in [0.2, 0.25) is 5.95 Å². The van der Waals surface area contributed by atoms with Crippen molar-refractivity contribution in [2.75, 3.05) is 17.2 Å². The van der Waals surface area contributed by atoms with Crippen LogP contribution < -0.4 is 16.4 Å². The highest BCUT2D eigenvalue weighted by molar-refractivity contribution is 7.10. The first kappa shape index (κ1) is 20.3. The molecule has 0 saturated heterocycles. The molecule has 0 saturated carbocycles. The van der Waals surface area contributed by atoms with Crippen molar-refractivity contribution in [2.24, 2.45) is 5.73 Å². The van der Waals surface area contributed by atoms with Crippen LogP contribution in [0.3, 0.4) is 0 Å². The Labute approximate surface area is 179 Å². The molecule has 7 heteroatoms. The molecule has 0 spiro atoms. The largest absolute Gasteiger partial charge is 0.362 e. The predicted octanol–water partition coefficient (Wildman–Crippen LogP) is 5.56. The third-order valence-electron chi connectivity index (χ3n) is 4.96. The number of aromatic nitrogens is 2. The molecule has 2 heterocycles. The fourth-order valence-corrected chi connectivity index (χ4v) is 4.13. The second-order valence-corrected chi connectivity index (χ2v) is 8.20. The molecule has 0 unspecified atom stereocenters. The Kier molecular flexibility index (Phi) is 5.92. The number of nitrogens with two attached hydrogens (primary N) is 1. The summed E-state index contributed by atoms with van der Waals surface area (Å²) >= 11 is 1.70. The number of thiophene rings is 1. The van der Waals surface area contributed by atoms with Crippen LogP contribution in [0, 0.1) is 12.7 Å². The van der Waals surface area contributed by atoms with Crippen LogP contribution in [0.5, 0.6) is 0 Å². The SMILES string of the molecule is Cc1cc(Nc2nc(N[C@H](C)c3cccs3)c3cccc(CCN)c3n2)ccc1F. The van der Waals surface area contributed by atoms with Crippen molar-refractivity contribution in [3.63, 3.8) is 0 Å². The molecule has 4 aromatic rings. The third-order valence-corrected chi connectivity index (χ3v) is 6.02. The molecule has 1 atom stereocenters. The minimum absolute atomic E-state index is 0.0992. The molecular weight excluding hydrogens is 397 g/mol. The molecule has 0 bridgehead atoms. The van der Waals surface area contributed by atoms with Crippen LogP contribution in [0.4, 0.5) is 21.8 Å². The Hall–Kier alpha value is -3.03. The highest BCUT2D eigenvalue weighted by atomic mass is 32.1. The van der Waals surface area contributed by atoms with Gasteiger partial charge in [-0.2, -0.15) is 4.98 Å². The van der Waals surface area contributed by atoms with Crippen molar-refractivity contribution < 1.29 is 4.39 Å². The third kappa shape index (κ3) is 4.27. The van der Waals surface area contributed by atoms with Gasteiger partial charge in [0.25, 0.3) is 0 Å². The van der Waals surface area contributed by atoms with Crippen LogP contribution >= 0.6 is 11.3 Å². The quantitative estimate of drug-likeness (QED) is 0.364. The molecule has 0 fully saturated rings. The maximum Gasteiger partial charge on any atom is 0.229 e. The number of nitrogens with zero attached hydrogens (tertiary/aromatic N) is 2. The average Bonchev–Trinajstić information content (AvgIpc) is 3.27. The van der Waals surface area contributed by atoms with Crippen LogP contribution in [0.15, 0.2) is 53.9 Å². The summed E-state index contributed by atoms with van der Waals surface area (Å²) in [7, 11) is 0. The monoisotopic (exact) mass is 421 g/mol. The van der Waals surface area contributed by atoms with E-state index in [2.05, 4.69) is 29.0 Å². The fourth-order valence-electron chi connectivity index (χ4n) is 3.40. The molecule has 5 nitrogen and oxygen atoms in total. The maximum absolute atomic E-state index is 13.6. The van der Waals surface area contributed by atoms with Gasteiger partial charge in [-0.15, -0.1) is 11.3 Å². The highest BCUT2D eigenvalue weighted by Crippen LogP contribution is 2.30. The van der Waals surface area contributed by atoms with Crippen molar-refractivity contribution in [3.8, 4) is 0 Å². The molecule has 0 radical (unpaired) electrons. The van der Waals surface area contributed by atoms with Gasteiger partial charge >= 0.3 is 0 Å². The van der Waals surface area contributed by atoms with E-state index in [1.807, 2.05) is 24.3 Å². The number of para-hydroxylation sites is 1. The van der Waals surface area contributed by atoms with Crippen molar-refractivity contribution in [1.29, 1.82) is 0 Å². The summed E-state index contributed by atoms with van der Waals surface area (Å²) in [4.78, 5) is 10.7. The summed E-state index contributed by atoms with van der Waals surface area (Å²) in [5.74, 6) is 0.970. The van der Waals surface area contributed by atoms with E-state index in [1.165, 1.54) is 10.9 Å². The van der Waals surface area contributed by atoms with Crippen molar-refractivity contribution in [1.82, 2.24) is 9.97 Å². The molecule has 4 N–H and O–H groups in total. The number of benzene rings is 2. The molecule has 0 aliphatic carbocycles. The Morgan fingerprint density at radius 2 is 2.00 bits per heavy atom. The lowest BCUT2D eigenvalue weighted by Gasteiger charge is -2.17. The summed E-state index contributed by atoms with van der Waals surface area (Å²) in [6.07, 6.45) is 0.726. The normalized spacial score (nSPS) is 12.1. The Morgan fingerprint density at radius 1 is 1.13 bits per heavy atom. The van der Waals surface area contributed by atoms with E-state index in [1.54, 1.807) is 30.4 Å². The van der Waals surface area contributed by atoms with Gasteiger partial charge in [-0.25, -0.2) is 9.37 Å². The number of anilines is 3. The van der Waals surface area contributed by atoms with Crippen LogP contribution in [0.25, 0.3) is 10.9 Å². The minimum Gasteiger partial charge on any atom is -0.362 e. The second-order valence-electron chi connectivity index (χ2n) is 7.22. The summed E-state index contributed by atoms with van der Waals surface area (Å²) in [5, 5.41) is 9.77. The number of fused-ring (bicyclic) bond motifs is 1. The molecule has 0 aliphatic heterocycles. The van der Waals surface area contributed by atoms with E-state index < -0.39 is 0 Å². The lowest BCUT2D eigenvalue weighted by Crippen LogP contribution is -2.10. The topological polar surface area (TPSA) is 75.9 Å². The first-order valence-corrected chi connectivity index (χ1v) is 10.8. The van der Waals surface area contributed by atoms with Crippen molar-refractivity contribution in [2.45, 2.75) is 26.3 Å². The molecule has 30 heavy (non-hydrogen) atoms. The van der Waals surface area contributed by atoms with E-state index in [-0.39, 0.29) is 11.9 Å². The summed E-state index contributed by atoms with van der Waals surface area (Å²) in [6.45, 7) is 4.38. The zero-order valence-electron chi connectivity index (χ0n) is 16.9. The van der Waals surface area contributed by atoms with E-state index in [4.69, 9.17) is 15.7 Å². The van der Waals surface area contributed by atoms with Gasteiger partial charge in [-0.05, 0) is 73.7 Å². The molecule has 0 aliphatic rings. The summed E-state index contributed by atoms with van der Waals surface area (Å²) in [6, 6.07) is 15.2. The average molecular weight is 422 g/mol. The van der Waals surface area contributed by atoms with Gasteiger partial charge in [0, 0.05) is 16.0 Å². The van der Waals surface area contributed by atoms with Gasteiger partial charge in [0.05, 0.1) is 11.6 Å². The van der Waals surface area contributed by atoms with Gasteiger partial charge in [-0.3, -0.25) is 0 Å². The van der Waals surface area contributed by atoms with Crippen molar-refractivity contribution in [3.05, 3.63) is 75.7 Å². The van der Waals surface area contributed by atoms with Crippen LogP contribution in [-0.4, -0.2) is 16.5 Å². The van der Waals surface area contributed by atoms with Crippen LogP contribution in [0.2, 0.25) is 0 Å². The molecular formula is C23H24FN5S. The van der Waals surface area contributed by atoms with E-state index in [0.29, 0.717) is 18.1 Å². The van der Waals surface area contributed by atoms with E-state index in [9.17, 15) is 4.39 Å². The van der Waals surface area contributed by atoms with Gasteiger partial charge < -0.3 is 16.4 Å². The summed E-state index contributed by atoms with van der Waals surface area (Å²) in [5.41, 5.74) is 9.05. The Morgan fingerprint density at radius 3 is 2.73 bits per heavy atom. The van der Waals surface area contributed by atoms with Crippen LogP contribution in [-0.2, 0) is 6.42 Å². The molecule has 4 rings (SSSR count). The van der Waals surface area contributed by atoms with Gasteiger partial charge in [-0.1, -0.05) is 18.2 Å². The molecule has 2 aromatic heterocycles. The zero-order chi connectivity index (χ0) is 21.1. The van der Waals surface area contributed by atoms with Gasteiger partial charge in [0.1, 0.15) is 11.6 Å². The lowest BCUT2D eigenvalue weighted by molar-refractivity contribution is 0.619. The fraction of sp³-hybridized carbons (Fsp3) is 0.217. The van der Waals surface area contributed by atoms with Crippen LogP contribution in [0.1, 0.15) is 29.0 Å². The van der Waals surface area contributed by atoms with Gasteiger partial charge in [0.15, 0.2) is 0 Å². The first-order valence-electron chi connectivity index (χ1n) is 9.88. The first-order chi connectivity index (χ1) is 14.5. The minimum atomic E-state index is -0.239. The van der Waals surface area contributed by atoms with Crippen molar-refractivity contribution >= 4 is 39.7 Å². The van der Waals surface area contributed by atoms with E-state index >= 15 is 0 Å². The summed E-state index contributed by atoms with van der Waals surface area (Å²) < 4.78 is 13.6. The highest BCUT2D eigenvalue weighted by Gasteiger charge is 2.15. The molecule has 154 valence electrons. The number of aryl methyl sites for hydroxylation is 1.